The first kappa shape index (κ1) is 19.8. The van der Waals surface area contributed by atoms with Gasteiger partial charge in [0.05, 0.1) is 23.2 Å². The number of hydrogen-bond donors (Lipinski definition) is 1. The molecule has 0 saturated carbocycles. The molecule has 0 bridgehead atoms. The molecule has 1 fully saturated rings. The average Bonchev–Trinajstić information content (AvgIpc) is 2.77. The third-order valence-corrected chi connectivity index (χ3v) is 5.38. The van der Waals surface area contributed by atoms with E-state index >= 15 is 0 Å². The van der Waals surface area contributed by atoms with Crippen LogP contribution in [0.4, 0.5) is 4.39 Å². The Kier molecular flexibility index (Phi) is 5.59. The van der Waals surface area contributed by atoms with Crippen molar-refractivity contribution in [2.75, 3.05) is 32.7 Å². The molecular weight excluding hydrogens is 383 g/mol. The highest BCUT2D eigenvalue weighted by atomic mass is 19.1. The summed E-state index contributed by atoms with van der Waals surface area (Å²) in [7, 11) is 0. The van der Waals surface area contributed by atoms with Crippen LogP contribution in [-0.4, -0.2) is 58.6 Å². The van der Waals surface area contributed by atoms with E-state index in [0.29, 0.717) is 50.2 Å². The van der Waals surface area contributed by atoms with Gasteiger partial charge in [0.25, 0.3) is 11.5 Å². The number of terminal acetylenes is 1. The number of hydrogen-bond acceptors (Lipinski definition) is 4. The molecule has 0 unspecified atom stereocenters. The molecule has 0 radical (unpaired) electrons. The number of rotatable bonds is 4. The van der Waals surface area contributed by atoms with Crippen LogP contribution in [0.5, 0.6) is 0 Å². The van der Waals surface area contributed by atoms with Crippen LogP contribution >= 0.6 is 0 Å². The summed E-state index contributed by atoms with van der Waals surface area (Å²) in [5.41, 5.74) is 1.20. The maximum atomic E-state index is 14.5. The normalized spacial score (nSPS) is 14.6. The zero-order chi connectivity index (χ0) is 21.1. The van der Waals surface area contributed by atoms with Crippen molar-refractivity contribution in [2.45, 2.75) is 6.42 Å². The number of piperazine rings is 1. The summed E-state index contributed by atoms with van der Waals surface area (Å²) in [5.74, 6) is 1.73. The van der Waals surface area contributed by atoms with Crippen molar-refractivity contribution in [3.8, 4) is 12.3 Å². The molecule has 1 amide bonds. The summed E-state index contributed by atoms with van der Waals surface area (Å²) in [4.78, 5) is 28.6. The van der Waals surface area contributed by atoms with E-state index in [9.17, 15) is 14.0 Å². The van der Waals surface area contributed by atoms with Gasteiger partial charge in [-0.15, -0.1) is 6.42 Å². The number of H-pyrrole nitrogens is 1. The minimum absolute atomic E-state index is 0.0478. The van der Waals surface area contributed by atoms with E-state index in [1.807, 2.05) is 12.1 Å². The topological polar surface area (TPSA) is 69.3 Å². The van der Waals surface area contributed by atoms with Crippen molar-refractivity contribution in [1.29, 1.82) is 0 Å². The summed E-state index contributed by atoms with van der Waals surface area (Å²) >= 11 is 0. The van der Waals surface area contributed by atoms with Gasteiger partial charge in [0.15, 0.2) is 0 Å². The fraction of sp³-hybridized carbons (Fsp3) is 0.261. The van der Waals surface area contributed by atoms with Gasteiger partial charge in [-0.05, 0) is 23.8 Å². The second-order valence-electron chi connectivity index (χ2n) is 7.31. The Hall–Kier alpha value is -3.50. The van der Waals surface area contributed by atoms with Gasteiger partial charge in [-0.2, -0.15) is 5.10 Å². The first-order valence-corrected chi connectivity index (χ1v) is 9.76. The van der Waals surface area contributed by atoms with Crippen molar-refractivity contribution < 1.29 is 9.18 Å². The Morgan fingerprint density at radius 2 is 1.87 bits per heavy atom. The van der Waals surface area contributed by atoms with Crippen LogP contribution in [0.3, 0.4) is 0 Å². The van der Waals surface area contributed by atoms with Crippen molar-refractivity contribution in [3.63, 3.8) is 0 Å². The minimum Gasteiger partial charge on any atom is -0.336 e. The molecule has 2 aromatic carbocycles. The summed E-state index contributed by atoms with van der Waals surface area (Å²) in [6, 6.07) is 11.7. The lowest BCUT2D eigenvalue weighted by molar-refractivity contribution is 0.0647. The molecule has 1 N–H and O–H groups in total. The van der Waals surface area contributed by atoms with Crippen molar-refractivity contribution in [3.05, 3.63) is 75.5 Å². The first-order valence-electron chi connectivity index (χ1n) is 9.76. The molecule has 1 aromatic heterocycles. The zero-order valence-electron chi connectivity index (χ0n) is 16.4. The molecule has 1 saturated heterocycles. The number of halogens is 1. The van der Waals surface area contributed by atoms with Gasteiger partial charge in [-0.1, -0.05) is 30.2 Å². The minimum atomic E-state index is -0.547. The summed E-state index contributed by atoms with van der Waals surface area (Å²) < 4.78 is 14.5. The lowest BCUT2D eigenvalue weighted by Gasteiger charge is -2.33. The summed E-state index contributed by atoms with van der Waals surface area (Å²) in [5, 5.41) is 7.96. The van der Waals surface area contributed by atoms with Gasteiger partial charge in [0, 0.05) is 38.0 Å². The van der Waals surface area contributed by atoms with Crippen LogP contribution in [0.15, 0.2) is 47.3 Å². The predicted molar refractivity (Wildman–Crippen MR) is 113 cm³/mol. The Bertz CT molecular complexity index is 1190. The van der Waals surface area contributed by atoms with Gasteiger partial charge in [-0.25, -0.2) is 9.49 Å². The zero-order valence-corrected chi connectivity index (χ0v) is 16.4. The molecule has 7 heteroatoms. The van der Waals surface area contributed by atoms with Gasteiger partial charge in [0.2, 0.25) is 0 Å². The van der Waals surface area contributed by atoms with E-state index in [1.54, 1.807) is 29.2 Å². The van der Waals surface area contributed by atoms with Crippen molar-refractivity contribution in [1.82, 2.24) is 20.0 Å². The molecule has 30 heavy (non-hydrogen) atoms. The van der Waals surface area contributed by atoms with Gasteiger partial charge in [0.1, 0.15) is 5.82 Å². The molecule has 2 heterocycles. The van der Waals surface area contributed by atoms with Crippen LogP contribution < -0.4 is 5.56 Å². The number of nitrogens with one attached hydrogen (secondary N) is 1. The highest BCUT2D eigenvalue weighted by molar-refractivity contribution is 5.95. The van der Waals surface area contributed by atoms with E-state index in [2.05, 4.69) is 21.0 Å². The molecule has 3 aromatic rings. The molecular formula is C23H21FN4O2. The molecule has 4 rings (SSSR count). The molecule has 1 aliphatic rings. The highest BCUT2D eigenvalue weighted by Crippen LogP contribution is 2.20. The monoisotopic (exact) mass is 404 g/mol. The third-order valence-electron chi connectivity index (χ3n) is 5.38. The average molecular weight is 404 g/mol. The smallest absolute Gasteiger partial charge is 0.272 e. The number of carbonyl (C=O) groups excluding carboxylic acids is 1. The van der Waals surface area contributed by atoms with Crippen LogP contribution in [0, 0.1) is 18.2 Å². The molecule has 0 aliphatic carbocycles. The van der Waals surface area contributed by atoms with Gasteiger partial charge in [-0.3, -0.25) is 14.5 Å². The number of fused-ring (bicyclic) bond motifs is 1. The van der Waals surface area contributed by atoms with Crippen molar-refractivity contribution >= 4 is 16.7 Å². The maximum Gasteiger partial charge on any atom is 0.272 e. The molecule has 6 nitrogen and oxygen atoms in total. The Morgan fingerprint density at radius 3 is 2.60 bits per heavy atom. The fourth-order valence-electron chi connectivity index (χ4n) is 3.75. The molecule has 0 spiro atoms. The Balaban J connectivity index is 1.57. The maximum absolute atomic E-state index is 14.5. The molecule has 1 aliphatic heterocycles. The first-order chi connectivity index (χ1) is 14.6. The number of benzene rings is 2. The van der Waals surface area contributed by atoms with E-state index in [4.69, 9.17) is 6.42 Å². The molecule has 152 valence electrons. The molecule has 0 atom stereocenters. The van der Waals surface area contributed by atoms with Gasteiger partial charge >= 0.3 is 0 Å². The number of aromatic amines is 1. The van der Waals surface area contributed by atoms with Crippen molar-refractivity contribution in [2.24, 2.45) is 0 Å². The second kappa shape index (κ2) is 8.47. The number of aromatic nitrogens is 2. The van der Waals surface area contributed by atoms with E-state index in [1.165, 1.54) is 6.07 Å². The summed E-state index contributed by atoms with van der Waals surface area (Å²) in [6.45, 7) is 2.91. The second-order valence-corrected chi connectivity index (χ2v) is 7.31. The SMILES string of the molecule is C#CCN1CCN(C(=O)c2cc(Cc3n[nH]c(=O)c4ccccc34)ccc2F)CC1. The number of nitrogens with zero attached hydrogens (tertiary/aromatic N) is 3. The van der Waals surface area contributed by atoms with Crippen LogP contribution in [-0.2, 0) is 6.42 Å². The van der Waals surface area contributed by atoms with E-state index in [0.717, 1.165) is 10.9 Å². The van der Waals surface area contributed by atoms with Crippen LogP contribution in [0.1, 0.15) is 21.6 Å². The predicted octanol–water partition coefficient (Wildman–Crippen LogP) is 2.04. The Labute approximate surface area is 173 Å². The lowest BCUT2D eigenvalue weighted by Crippen LogP contribution is -2.48. The number of carbonyl (C=O) groups is 1. The van der Waals surface area contributed by atoms with E-state index in [-0.39, 0.29) is 17.0 Å². The van der Waals surface area contributed by atoms with Crippen LogP contribution in [0.2, 0.25) is 0 Å². The van der Waals surface area contributed by atoms with E-state index < -0.39 is 5.82 Å². The summed E-state index contributed by atoms with van der Waals surface area (Å²) in [6.07, 6.45) is 5.71. The fourth-order valence-corrected chi connectivity index (χ4v) is 3.75. The third kappa shape index (κ3) is 3.95. The van der Waals surface area contributed by atoms with Crippen LogP contribution in [0.25, 0.3) is 10.8 Å². The van der Waals surface area contributed by atoms with Gasteiger partial charge < -0.3 is 4.90 Å². The Morgan fingerprint density at radius 1 is 1.13 bits per heavy atom. The highest BCUT2D eigenvalue weighted by Gasteiger charge is 2.24. The quantitative estimate of drug-likeness (QED) is 0.676. The largest absolute Gasteiger partial charge is 0.336 e. The lowest BCUT2D eigenvalue weighted by atomic mass is 10.0. The number of amides is 1. The standard InChI is InChI=1S/C23H21FN4O2/c1-2-9-27-10-12-28(13-11-27)23(30)19-14-16(7-8-20(19)24)15-21-17-5-3-4-6-18(17)22(29)26-25-21/h1,3-8,14H,9-13,15H2,(H,26,29).